The first-order valence-electron chi connectivity index (χ1n) is 5.87. The molecule has 80 valence electrons. The molecule has 0 amide bonds. The van der Waals surface area contributed by atoms with Crippen molar-refractivity contribution in [2.45, 2.75) is 51.6 Å². The van der Waals surface area contributed by atoms with Gasteiger partial charge in [-0.15, -0.1) is 0 Å². The minimum atomic E-state index is -0.161. The lowest BCUT2D eigenvalue weighted by molar-refractivity contribution is 0.136. The fraction of sp³-hybridized carbons (Fsp3) is 0.692. The molecule has 1 atom stereocenters. The highest BCUT2D eigenvalue weighted by Crippen LogP contribution is 2.18. The summed E-state index contributed by atoms with van der Waals surface area (Å²) < 4.78 is 0. The molecule has 0 heterocycles. The van der Waals surface area contributed by atoms with Gasteiger partial charge in [-0.05, 0) is 6.42 Å². The maximum Gasteiger partial charge on any atom is 0.0637 e. The second kappa shape index (κ2) is 6.83. The van der Waals surface area contributed by atoms with Gasteiger partial charge in [0.1, 0.15) is 0 Å². The highest BCUT2D eigenvalue weighted by molar-refractivity contribution is 5.18. The van der Waals surface area contributed by atoms with Crippen LogP contribution >= 0.6 is 0 Å². The summed E-state index contributed by atoms with van der Waals surface area (Å²) in [5, 5.41) is 9.80. The lowest BCUT2D eigenvalue weighted by atomic mass is 9.98. The molecule has 0 bridgehead atoms. The number of unbranched alkanes of at least 4 members (excludes halogenated alkanes) is 4. The average Bonchev–Trinajstić information content (AvgIpc) is 2.70. The SMILES string of the molecule is CCCCCCCC(O)C1C=CC=C1. The Morgan fingerprint density at radius 2 is 1.71 bits per heavy atom. The summed E-state index contributed by atoms with van der Waals surface area (Å²) in [4.78, 5) is 0. The molecule has 0 radical (unpaired) electrons. The van der Waals surface area contributed by atoms with Gasteiger partial charge >= 0.3 is 0 Å². The molecule has 1 aliphatic rings. The van der Waals surface area contributed by atoms with Gasteiger partial charge in [-0.25, -0.2) is 0 Å². The van der Waals surface area contributed by atoms with Crippen LogP contribution in [0, 0.1) is 5.92 Å². The Bertz CT molecular complexity index is 181. The first kappa shape index (κ1) is 11.5. The van der Waals surface area contributed by atoms with Crippen LogP contribution in [0.15, 0.2) is 24.3 Å². The van der Waals surface area contributed by atoms with E-state index in [2.05, 4.69) is 19.1 Å². The number of rotatable bonds is 7. The topological polar surface area (TPSA) is 20.2 Å². The molecule has 1 nitrogen and oxygen atoms in total. The summed E-state index contributed by atoms with van der Waals surface area (Å²) in [7, 11) is 0. The first-order chi connectivity index (χ1) is 6.84. The van der Waals surface area contributed by atoms with Gasteiger partial charge in [0.2, 0.25) is 0 Å². The van der Waals surface area contributed by atoms with Crippen LogP contribution in [0.25, 0.3) is 0 Å². The highest BCUT2D eigenvalue weighted by Gasteiger charge is 2.14. The molecule has 0 fully saturated rings. The monoisotopic (exact) mass is 194 g/mol. The zero-order valence-corrected chi connectivity index (χ0v) is 9.15. The van der Waals surface area contributed by atoms with Gasteiger partial charge in [-0.2, -0.15) is 0 Å². The number of allylic oxidation sites excluding steroid dienone is 2. The molecule has 14 heavy (non-hydrogen) atoms. The van der Waals surface area contributed by atoms with Crippen molar-refractivity contribution in [3.63, 3.8) is 0 Å². The van der Waals surface area contributed by atoms with E-state index in [4.69, 9.17) is 0 Å². The lowest BCUT2D eigenvalue weighted by Gasteiger charge is -2.14. The van der Waals surface area contributed by atoms with Gasteiger partial charge < -0.3 is 5.11 Å². The van der Waals surface area contributed by atoms with E-state index in [0.717, 1.165) is 6.42 Å². The van der Waals surface area contributed by atoms with Crippen molar-refractivity contribution in [1.29, 1.82) is 0 Å². The van der Waals surface area contributed by atoms with Crippen LogP contribution in [0.1, 0.15) is 45.4 Å². The van der Waals surface area contributed by atoms with Crippen LogP contribution in [-0.2, 0) is 0 Å². The second-order valence-electron chi connectivity index (χ2n) is 4.12. The molecule has 0 saturated carbocycles. The molecule has 1 N–H and O–H groups in total. The molecule has 1 heteroatoms. The summed E-state index contributed by atoms with van der Waals surface area (Å²) in [6.45, 7) is 2.23. The van der Waals surface area contributed by atoms with Crippen molar-refractivity contribution in [2.24, 2.45) is 5.92 Å². The quantitative estimate of drug-likeness (QED) is 0.615. The van der Waals surface area contributed by atoms with Crippen molar-refractivity contribution in [2.75, 3.05) is 0 Å². The molecular formula is C13H22O. The Labute approximate surface area is 87.5 Å². The van der Waals surface area contributed by atoms with Crippen LogP contribution in [0.2, 0.25) is 0 Å². The first-order valence-corrected chi connectivity index (χ1v) is 5.87. The van der Waals surface area contributed by atoms with Crippen molar-refractivity contribution in [3.8, 4) is 0 Å². The maximum absolute atomic E-state index is 9.80. The van der Waals surface area contributed by atoms with Gasteiger partial charge in [0.15, 0.2) is 0 Å². The van der Waals surface area contributed by atoms with E-state index < -0.39 is 0 Å². The Morgan fingerprint density at radius 1 is 1.07 bits per heavy atom. The fourth-order valence-corrected chi connectivity index (χ4v) is 1.86. The molecule has 0 spiro atoms. The molecule has 0 aromatic heterocycles. The minimum absolute atomic E-state index is 0.161. The van der Waals surface area contributed by atoms with Crippen LogP contribution in [0.5, 0.6) is 0 Å². The summed E-state index contributed by atoms with van der Waals surface area (Å²) in [6.07, 6.45) is 15.4. The zero-order valence-electron chi connectivity index (χ0n) is 9.15. The van der Waals surface area contributed by atoms with Gasteiger partial charge in [-0.1, -0.05) is 63.3 Å². The summed E-state index contributed by atoms with van der Waals surface area (Å²) in [6, 6.07) is 0. The van der Waals surface area contributed by atoms with E-state index in [1.165, 1.54) is 32.1 Å². The molecule has 0 aliphatic heterocycles. The van der Waals surface area contributed by atoms with E-state index in [0.29, 0.717) is 0 Å². The molecule has 1 rings (SSSR count). The second-order valence-corrected chi connectivity index (χ2v) is 4.12. The Hall–Kier alpha value is -0.560. The Kier molecular flexibility index (Phi) is 5.62. The minimum Gasteiger partial charge on any atom is -0.392 e. The number of aliphatic hydroxyl groups excluding tert-OH is 1. The molecule has 1 aliphatic carbocycles. The normalized spacial score (nSPS) is 17.9. The van der Waals surface area contributed by atoms with E-state index in [-0.39, 0.29) is 12.0 Å². The fourth-order valence-electron chi connectivity index (χ4n) is 1.86. The third kappa shape index (κ3) is 4.10. The average molecular weight is 194 g/mol. The van der Waals surface area contributed by atoms with Gasteiger partial charge in [0.25, 0.3) is 0 Å². The highest BCUT2D eigenvalue weighted by atomic mass is 16.3. The molecule has 0 aromatic rings. The van der Waals surface area contributed by atoms with Crippen molar-refractivity contribution in [1.82, 2.24) is 0 Å². The summed E-state index contributed by atoms with van der Waals surface area (Å²) in [5.41, 5.74) is 0. The van der Waals surface area contributed by atoms with Crippen LogP contribution < -0.4 is 0 Å². The number of aliphatic hydroxyl groups is 1. The van der Waals surface area contributed by atoms with E-state index in [1.807, 2.05) is 12.2 Å². The van der Waals surface area contributed by atoms with E-state index in [1.54, 1.807) is 0 Å². The van der Waals surface area contributed by atoms with E-state index >= 15 is 0 Å². The lowest BCUT2D eigenvalue weighted by Crippen LogP contribution is -2.15. The Balaban J connectivity index is 2.00. The van der Waals surface area contributed by atoms with Gasteiger partial charge in [0, 0.05) is 5.92 Å². The number of hydrogen-bond acceptors (Lipinski definition) is 1. The number of hydrogen-bond donors (Lipinski definition) is 1. The predicted octanol–water partition coefficient (Wildman–Crippen LogP) is 3.45. The smallest absolute Gasteiger partial charge is 0.0637 e. The van der Waals surface area contributed by atoms with Crippen LogP contribution in [-0.4, -0.2) is 11.2 Å². The summed E-state index contributed by atoms with van der Waals surface area (Å²) >= 11 is 0. The van der Waals surface area contributed by atoms with Crippen molar-refractivity contribution in [3.05, 3.63) is 24.3 Å². The Morgan fingerprint density at radius 3 is 2.36 bits per heavy atom. The van der Waals surface area contributed by atoms with Crippen molar-refractivity contribution < 1.29 is 5.11 Å². The molecule has 0 saturated heterocycles. The van der Waals surface area contributed by atoms with E-state index in [9.17, 15) is 5.11 Å². The molecular weight excluding hydrogens is 172 g/mol. The van der Waals surface area contributed by atoms with Crippen LogP contribution in [0.3, 0.4) is 0 Å². The standard InChI is InChI=1S/C13H22O/c1-2-3-4-5-6-11-13(14)12-9-7-8-10-12/h7-10,12-14H,2-6,11H2,1H3. The van der Waals surface area contributed by atoms with Gasteiger partial charge in [0.05, 0.1) is 6.10 Å². The third-order valence-corrected chi connectivity index (χ3v) is 2.83. The van der Waals surface area contributed by atoms with Crippen LogP contribution in [0.4, 0.5) is 0 Å². The molecule has 0 aromatic carbocycles. The van der Waals surface area contributed by atoms with Gasteiger partial charge in [-0.3, -0.25) is 0 Å². The third-order valence-electron chi connectivity index (χ3n) is 2.83. The van der Waals surface area contributed by atoms with Crippen molar-refractivity contribution >= 4 is 0 Å². The molecule has 1 unspecified atom stereocenters. The zero-order chi connectivity index (χ0) is 10.2. The predicted molar refractivity (Wildman–Crippen MR) is 61.2 cm³/mol. The largest absolute Gasteiger partial charge is 0.392 e. The maximum atomic E-state index is 9.80. The summed E-state index contributed by atoms with van der Waals surface area (Å²) in [5.74, 6) is 0.279.